The Labute approximate surface area is 241 Å². The van der Waals surface area contributed by atoms with Crippen molar-refractivity contribution in [3.05, 3.63) is 71.8 Å². The van der Waals surface area contributed by atoms with Gasteiger partial charge in [0.1, 0.15) is 12.1 Å². The molecule has 2 aromatic heterocycles. The summed E-state index contributed by atoms with van der Waals surface area (Å²) in [7, 11) is 1.68. The molecule has 0 aliphatic rings. The highest BCUT2D eigenvalue weighted by molar-refractivity contribution is 6.03. The van der Waals surface area contributed by atoms with Gasteiger partial charge in [-0.2, -0.15) is 0 Å². The molecule has 4 amide bonds. The van der Waals surface area contributed by atoms with Crippen molar-refractivity contribution >= 4 is 29.6 Å². The average Bonchev–Trinajstić information content (AvgIpc) is 3.60. The minimum Gasteiger partial charge on any atom is -0.480 e. The molecule has 0 aliphatic heterocycles. The Hall–Kier alpha value is -4.89. The highest BCUT2D eigenvalue weighted by Gasteiger charge is 2.37. The van der Waals surface area contributed by atoms with E-state index in [0.29, 0.717) is 27.5 Å². The molecular weight excluding hydrogens is 546 g/mol. The van der Waals surface area contributed by atoms with E-state index < -0.39 is 60.8 Å². The number of nitrogens with one attached hydrogen (secondary N) is 3. The van der Waals surface area contributed by atoms with Crippen LogP contribution in [0.5, 0.6) is 0 Å². The van der Waals surface area contributed by atoms with Gasteiger partial charge in [-0.3, -0.25) is 24.1 Å². The SMILES string of the molecule is Cc1ncn(C)c1C[C@@H](C(=O)N[C@@H](Cc1ccccc1)C(=O)O)N(C(=O)CN)C(=O)CNC(=O)[C@@H](N)Cc1cnc[nH]1. The van der Waals surface area contributed by atoms with E-state index in [1.54, 1.807) is 48.9 Å². The number of aliphatic carboxylic acids is 1. The molecule has 0 aliphatic carbocycles. The van der Waals surface area contributed by atoms with Gasteiger partial charge in [0.25, 0.3) is 0 Å². The summed E-state index contributed by atoms with van der Waals surface area (Å²) < 4.78 is 1.63. The number of nitrogens with zero attached hydrogens (tertiary/aromatic N) is 4. The second-order valence-electron chi connectivity index (χ2n) is 9.66. The van der Waals surface area contributed by atoms with Gasteiger partial charge in [-0.05, 0) is 12.5 Å². The summed E-state index contributed by atoms with van der Waals surface area (Å²) in [5.74, 6) is -4.69. The third kappa shape index (κ3) is 8.31. The molecule has 8 N–H and O–H groups in total. The summed E-state index contributed by atoms with van der Waals surface area (Å²) in [4.78, 5) is 76.3. The maximum absolute atomic E-state index is 13.7. The number of aromatic nitrogens is 4. The Bertz CT molecular complexity index is 1370. The fourth-order valence-electron chi connectivity index (χ4n) is 4.36. The molecule has 15 heteroatoms. The number of aromatic amines is 1. The van der Waals surface area contributed by atoms with Crippen molar-refractivity contribution in [2.24, 2.45) is 18.5 Å². The minimum absolute atomic E-state index is 0.0393. The second kappa shape index (κ2) is 14.7. The number of carbonyl (C=O) groups excluding carboxylic acids is 4. The van der Waals surface area contributed by atoms with Crippen LogP contribution < -0.4 is 22.1 Å². The Kier molecular flexibility index (Phi) is 11.0. The largest absolute Gasteiger partial charge is 0.480 e. The van der Waals surface area contributed by atoms with Gasteiger partial charge in [0, 0.05) is 43.9 Å². The van der Waals surface area contributed by atoms with Crippen LogP contribution in [0.3, 0.4) is 0 Å². The predicted molar refractivity (Wildman–Crippen MR) is 149 cm³/mol. The van der Waals surface area contributed by atoms with Crippen LogP contribution in [0.1, 0.15) is 22.6 Å². The normalized spacial score (nSPS) is 13.0. The maximum atomic E-state index is 13.7. The number of rotatable bonds is 14. The summed E-state index contributed by atoms with van der Waals surface area (Å²) >= 11 is 0. The molecule has 1 aromatic carbocycles. The van der Waals surface area contributed by atoms with Crippen molar-refractivity contribution in [1.29, 1.82) is 0 Å². The fourth-order valence-corrected chi connectivity index (χ4v) is 4.36. The lowest BCUT2D eigenvalue weighted by Gasteiger charge is -2.30. The number of hydrogen-bond acceptors (Lipinski definition) is 9. The summed E-state index contributed by atoms with van der Waals surface area (Å²) in [5, 5.41) is 14.7. The minimum atomic E-state index is -1.50. The lowest BCUT2D eigenvalue weighted by atomic mass is 10.0. The van der Waals surface area contributed by atoms with Crippen LogP contribution in [-0.2, 0) is 50.3 Å². The van der Waals surface area contributed by atoms with Crippen molar-refractivity contribution in [2.75, 3.05) is 13.1 Å². The summed E-state index contributed by atoms with van der Waals surface area (Å²) in [5.41, 5.74) is 13.9. The molecule has 0 fully saturated rings. The van der Waals surface area contributed by atoms with Crippen LogP contribution in [0, 0.1) is 6.92 Å². The molecule has 42 heavy (non-hydrogen) atoms. The number of imidazole rings is 2. The summed E-state index contributed by atoms with van der Waals surface area (Å²) in [6, 6.07) is 4.78. The van der Waals surface area contributed by atoms with Crippen LogP contribution in [0.2, 0.25) is 0 Å². The first kappa shape index (κ1) is 31.6. The predicted octanol–water partition coefficient (Wildman–Crippen LogP) is -1.83. The molecule has 0 spiro atoms. The number of benzene rings is 1. The number of imide groups is 1. The van der Waals surface area contributed by atoms with E-state index in [4.69, 9.17) is 11.5 Å². The Morgan fingerprint density at radius 1 is 1.07 bits per heavy atom. The monoisotopic (exact) mass is 581 g/mol. The van der Waals surface area contributed by atoms with Crippen molar-refractivity contribution in [1.82, 2.24) is 35.1 Å². The number of carboxylic acids is 1. The van der Waals surface area contributed by atoms with Crippen LogP contribution in [0.4, 0.5) is 0 Å². The molecule has 224 valence electrons. The van der Waals surface area contributed by atoms with E-state index in [-0.39, 0.29) is 19.3 Å². The molecule has 0 saturated heterocycles. The number of aryl methyl sites for hydroxylation is 2. The van der Waals surface area contributed by atoms with Gasteiger partial charge in [0.05, 0.1) is 37.5 Å². The van der Waals surface area contributed by atoms with Crippen LogP contribution in [-0.4, -0.2) is 90.3 Å². The molecule has 3 aromatic rings. The first-order chi connectivity index (χ1) is 20.0. The maximum Gasteiger partial charge on any atom is 0.326 e. The highest BCUT2D eigenvalue weighted by atomic mass is 16.4. The molecular formula is C27H35N9O6. The third-order valence-electron chi connectivity index (χ3n) is 6.62. The third-order valence-corrected chi connectivity index (χ3v) is 6.62. The van der Waals surface area contributed by atoms with Gasteiger partial charge in [-0.1, -0.05) is 30.3 Å². The molecule has 0 unspecified atom stereocenters. The van der Waals surface area contributed by atoms with Crippen molar-refractivity contribution in [3.63, 3.8) is 0 Å². The Morgan fingerprint density at radius 2 is 1.79 bits per heavy atom. The molecule has 2 heterocycles. The number of carbonyl (C=O) groups is 5. The summed E-state index contributed by atoms with van der Waals surface area (Å²) in [6.07, 6.45) is 4.34. The van der Waals surface area contributed by atoms with E-state index >= 15 is 0 Å². The Morgan fingerprint density at radius 3 is 2.36 bits per heavy atom. The van der Waals surface area contributed by atoms with Crippen molar-refractivity contribution < 1.29 is 29.1 Å². The zero-order chi connectivity index (χ0) is 30.8. The first-order valence-corrected chi connectivity index (χ1v) is 13.1. The zero-order valence-corrected chi connectivity index (χ0v) is 23.3. The van der Waals surface area contributed by atoms with E-state index in [1.807, 2.05) is 0 Å². The van der Waals surface area contributed by atoms with Gasteiger partial charge in [-0.15, -0.1) is 0 Å². The van der Waals surface area contributed by atoms with Crippen LogP contribution in [0.15, 0.2) is 49.2 Å². The fraction of sp³-hybridized carbons (Fsp3) is 0.370. The molecule has 0 saturated carbocycles. The molecule has 15 nitrogen and oxygen atoms in total. The average molecular weight is 582 g/mol. The lowest BCUT2D eigenvalue weighted by Crippen LogP contribution is -2.59. The van der Waals surface area contributed by atoms with Gasteiger partial charge >= 0.3 is 5.97 Å². The summed E-state index contributed by atoms with van der Waals surface area (Å²) in [6.45, 7) is 0.402. The van der Waals surface area contributed by atoms with Crippen molar-refractivity contribution in [2.45, 2.75) is 44.3 Å². The zero-order valence-electron chi connectivity index (χ0n) is 23.3. The van der Waals surface area contributed by atoms with Crippen LogP contribution >= 0.6 is 0 Å². The highest BCUT2D eigenvalue weighted by Crippen LogP contribution is 2.15. The van der Waals surface area contributed by atoms with E-state index in [2.05, 4.69) is 25.6 Å². The first-order valence-electron chi connectivity index (χ1n) is 13.1. The van der Waals surface area contributed by atoms with E-state index in [9.17, 15) is 29.1 Å². The standard InChI is InChI=1S/C27H35N9O6/c1-16-21(35(2)15-33-16)10-22(26(40)34-20(27(41)42)8-17-6-4-3-5-7-17)36(23(37)11-28)24(38)13-31-25(39)19(29)9-18-12-30-14-32-18/h3-7,12,14-15,19-20,22H,8-11,13,28-29H2,1-2H3,(H,30,32)(H,31,39)(H,34,40)(H,41,42)/t19-,20-,22-/m0/s1. The van der Waals surface area contributed by atoms with Crippen molar-refractivity contribution in [3.8, 4) is 0 Å². The topological polar surface area (TPSA) is 231 Å². The van der Waals surface area contributed by atoms with Crippen LogP contribution in [0.25, 0.3) is 0 Å². The molecule has 3 rings (SSSR count). The number of H-pyrrole nitrogens is 1. The van der Waals surface area contributed by atoms with E-state index in [1.165, 1.54) is 18.9 Å². The number of carboxylic acid groups (broad SMARTS) is 1. The quantitative estimate of drug-likeness (QED) is 0.125. The Balaban J connectivity index is 1.85. The number of amides is 4. The second-order valence-corrected chi connectivity index (χ2v) is 9.66. The van der Waals surface area contributed by atoms with Gasteiger partial charge in [0.2, 0.25) is 23.6 Å². The van der Waals surface area contributed by atoms with Gasteiger partial charge in [-0.25, -0.2) is 14.8 Å². The smallest absolute Gasteiger partial charge is 0.326 e. The van der Waals surface area contributed by atoms with E-state index in [0.717, 1.165) is 0 Å². The molecule has 0 radical (unpaired) electrons. The molecule has 0 bridgehead atoms. The number of nitrogens with two attached hydrogens (primary N) is 2. The number of hydrogen-bond donors (Lipinski definition) is 6. The lowest BCUT2D eigenvalue weighted by molar-refractivity contribution is -0.152. The van der Waals surface area contributed by atoms with Gasteiger partial charge < -0.3 is 36.8 Å². The van der Waals surface area contributed by atoms with Gasteiger partial charge in [0.15, 0.2) is 0 Å². The molecule has 3 atom stereocenters.